The molecule has 90 valence electrons. The Hall–Kier alpha value is 0.1000. The van der Waals surface area contributed by atoms with Crippen molar-refractivity contribution in [3.05, 3.63) is 20.8 Å². The third-order valence-corrected chi connectivity index (χ3v) is 5.38. The number of nitrogens with two attached hydrogens (primary N) is 1. The van der Waals surface area contributed by atoms with Gasteiger partial charge in [0.25, 0.3) is 0 Å². The Bertz CT molecular complexity index is 347. The maximum absolute atomic E-state index is 10.5. The van der Waals surface area contributed by atoms with Crippen molar-refractivity contribution < 1.29 is 5.11 Å². The first-order valence-electron chi connectivity index (χ1n) is 5.81. The molecule has 0 spiro atoms. The predicted molar refractivity (Wildman–Crippen MR) is 71.6 cm³/mol. The standard InChI is InChI=1S/C12H18BrNOS/c13-10-5-4-9(16-10)11(15)12(8-14)6-2-1-3-7-12/h4-5,11,15H,1-3,6-8,14H2. The van der Waals surface area contributed by atoms with Crippen LogP contribution in [0.2, 0.25) is 0 Å². The van der Waals surface area contributed by atoms with Gasteiger partial charge in [0.1, 0.15) is 0 Å². The Kier molecular flexibility index (Phi) is 4.06. The molecule has 2 nitrogen and oxygen atoms in total. The van der Waals surface area contributed by atoms with Gasteiger partial charge in [0.15, 0.2) is 0 Å². The van der Waals surface area contributed by atoms with E-state index in [9.17, 15) is 5.11 Å². The number of thiophene rings is 1. The van der Waals surface area contributed by atoms with Gasteiger partial charge in [0, 0.05) is 16.8 Å². The van der Waals surface area contributed by atoms with Crippen LogP contribution in [0.1, 0.15) is 43.1 Å². The summed E-state index contributed by atoms with van der Waals surface area (Å²) in [7, 11) is 0. The molecule has 0 bridgehead atoms. The molecule has 4 heteroatoms. The lowest BCUT2D eigenvalue weighted by Gasteiger charge is -2.39. The van der Waals surface area contributed by atoms with Crippen LogP contribution in [0.5, 0.6) is 0 Å². The number of hydrogen-bond donors (Lipinski definition) is 2. The third kappa shape index (κ3) is 2.35. The maximum Gasteiger partial charge on any atom is 0.0950 e. The summed E-state index contributed by atoms with van der Waals surface area (Å²) >= 11 is 5.05. The van der Waals surface area contributed by atoms with Crippen LogP contribution in [0.15, 0.2) is 15.9 Å². The molecule has 0 aliphatic heterocycles. The van der Waals surface area contributed by atoms with Gasteiger partial charge in [0.2, 0.25) is 0 Å². The van der Waals surface area contributed by atoms with Crippen molar-refractivity contribution in [2.45, 2.75) is 38.2 Å². The van der Waals surface area contributed by atoms with Crippen molar-refractivity contribution >= 4 is 27.3 Å². The van der Waals surface area contributed by atoms with E-state index in [2.05, 4.69) is 15.9 Å². The molecule has 2 rings (SSSR count). The second-order valence-electron chi connectivity index (χ2n) is 4.67. The molecular formula is C12H18BrNOS. The largest absolute Gasteiger partial charge is 0.387 e. The van der Waals surface area contributed by atoms with Crippen molar-refractivity contribution in [1.29, 1.82) is 0 Å². The highest BCUT2D eigenvalue weighted by Crippen LogP contribution is 2.47. The average molecular weight is 304 g/mol. The first kappa shape index (κ1) is 12.6. The van der Waals surface area contributed by atoms with Gasteiger partial charge in [-0.3, -0.25) is 0 Å². The van der Waals surface area contributed by atoms with E-state index in [1.807, 2.05) is 12.1 Å². The molecule has 0 aromatic carbocycles. The summed E-state index contributed by atoms with van der Waals surface area (Å²) in [6, 6.07) is 4.00. The lowest BCUT2D eigenvalue weighted by Crippen LogP contribution is -2.38. The summed E-state index contributed by atoms with van der Waals surface area (Å²) in [4.78, 5) is 1.04. The molecule has 1 heterocycles. The van der Waals surface area contributed by atoms with Crippen LogP contribution >= 0.6 is 27.3 Å². The van der Waals surface area contributed by atoms with Gasteiger partial charge in [-0.2, -0.15) is 0 Å². The number of aliphatic hydroxyl groups excluding tert-OH is 1. The minimum absolute atomic E-state index is 0.0808. The van der Waals surface area contributed by atoms with Crippen LogP contribution in [0, 0.1) is 5.41 Å². The Morgan fingerprint density at radius 2 is 2.06 bits per heavy atom. The summed E-state index contributed by atoms with van der Waals surface area (Å²) in [6.45, 7) is 0.587. The fourth-order valence-electron chi connectivity index (χ4n) is 2.62. The van der Waals surface area contributed by atoms with E-state index in [1.54, 1.807) is 11.3 Å². The Morgan fingerprint density at radius 3 is 2.56 bits per heavy atom. The summed E-state index contributed by atoms with van der Waals surface area (Å²) in [5.41, 5.74) is 5.84. The van der Waals surface area contributed by atoms with Crippen molar-refractivity contribution in [2.75, 3.05) is 6.54 Å². The van der Waals surface area contributed by atoms with Gasteiger partial charge in [0.05, 0.1) is 9.89 Å². The van der Waals surface area contributed by atoms with Crippen LogP contribution in [-0.2, 0) is 0 Å². The van der Waals surface area contributed by atoms with Crippen LogP contribution in [0.4, 0.5) is 0 Å². The van der Waals surface area contributed by atoms with E-state index in [-0.39, 0.29) is 5.41 Å². The van der Waals surface area contributed by atoms with Gasteiger partial charge in [-0.15, -0.1) is 11.3 Å². The molecule has 16 heavy (non-hydrogen) atoms. The Labute approximate surface area is 109 Å². The SMILES string of the molecule is NCC1(C(O)c2ccc(Br)s2)CCCCC1. The maximum atomic E-state index is 10.5. The molecule has 1 saturated carbocycles. The normalized spacial score (nSPS) is 21.9. The van der Waals surface area contributed by atoms with Crippen molar-refractivity contribution in [2.24, 2.45) is 11.1 Å². The van der Waals surface area contributed by atoms with E-state index in [0.29, 0.717) is 6.54 Å². The Balaban J connectivity index is 2.20. The van der Waals surface area contributed by atoms with Gasteiger partial charge in [-0.1, -0.05) is 19.3 Å². The molecule has 1 aromatic rings. The van der Waals surface area contributed by atoms with E-state index in [4.69, 9.17) is 5.73 Å². The van der Waals surface area contributed by atoms with Crippen molar-refractivity contribution in [1.82, 2.24) is 0 Å². The molecule has 0 saturated heterocycles. The minimum Gasteiger partial charge on any atom is -0.387 e. The van der Waals surface area contributed by atoms with E-state index < -0.39 is 6.10 Å². The number of hydrogen-bond acceptors (Lipinski definition) is 3. The Morgan fingerprint density at radius 1 is 1.38 bits per heavy atom. The summed E-state index contributed by atoms with van der Waals surface area (Å²) < 4.78 is 1.07. The number of halogens is 1. The molecule has 1 fully saturated rings. The van der Waals surface area contributed by atoms with Crippen LogP contribution in [0.3, 0.4) is 0 Å². The minimum atomic E-state index is -0.394. The monoisotopic (exact) mass is 303 g/mol. The second-order valence-corrected chi connectivity index (χ2v) is 7.17. The van der Waals surface area contributed by atoms with E-state index >= 15 is 0 Å². The summed E-state index contributed by atoms with van der Waals surface area (Å²) in [5.74, 6) is 0. The highest BCUT2D eigenvalue weighted by atomic mass is 79.9. The lowest BCUT2D eigenvalue weighted by atomic mass is 9.70. The smallest absolute Gasteiger partial charge is 0.0950 e. The topological polar surface area (TPSA) is 46.2 Å². The summed E-state index contributed by atoms with van der Waals surface area (Å²) in [6.07, 6.45) is 5.39. The van der Waals surface area contributed by atoms with E-state index in [1.165, 1.54) is 19.3 Å². The molecule has 1 aromatic heterocycles. The molecule has 1 unspecified atom stereocenters. The second kappa shape index (κ2) is 5.17. The van der Waals surface area contributed by atoms with Gasteiger partial charge < -0.3 is 10.8 Å². The number of aliphatic hydroxyl groups is 1. The van der Waals surface area contributed by atoms with Crippen LogP contribution < -0.4 is 5.73 Å². The molecule has 0 radical (unpaired) electrons. The quantitative estimate of drug-likeness (QED) is 0.898. The first-order valence-corrected chi connectivity index (χ1v) is 7.42. The molecule has 1 aliphatic carbocycles. The summed E-state index contributed by atoms with van der Waals surface area (Å²) in [5, 5.41) is 10.5. The van der Waals surface area contributed by atoms with Gasteiger partial charge in [-0.25, -0.2) is 0 Å². The molecule has 3 N–H and O–H groups in total. The first-order chi connectivity index (χ1) is 7.68. The molecule has 1 aliphatic rings. The third-order valence-electron chi connectivity index (χ3n) is 3.70. The molecule has 0 amide bonds. The average Bonchev–Trinajstić information content (AvgIpc) is 2.76. The van der Waals surface area contributed by atoms with Crippen LogP contribution in [0.25, 0.3) is 0 Å². The number of rotatable bonds is 3. The molecule has 1 atom stereocenters. The van der Waals surface area contributed by atoms with Crippen LogP contribution in [-0.4, -0.2) is 11.7 Å². The zero-order valence-corrected chi connectivity index (χ0v) is 11.7. The van der Waals surface area contributed by atoms with Crippen molar-refractivity contribution in [3.8, 4) is 0 Å². The molecular weight excluding hydrogens is 286 g/mol. The van der Waals surface area contributed by atoms with Gasteiger partial charge in [-0.05, 0) is 40.9 Å². The highest BCUT2D eigenvalue weighted by molar-refractivity contribution is 9.11. The predicted octanol–water partition coefficient (Wildman–Crippen LogP) is 3.45. The highest BCUT2D eigenvalue weighted by Gasteiger charge is 2.39. The van der Waals surface area contributed by atoms with Crippen molar-refractivity contribution in [3.63, 3.8) is 0 Å². The van der Waals surface area contributed by atoms with E-state index in [0.717, 1.165) is 21.5 Å². The zero-order valence-electron chi connectivity index (χ0n) is 9.29. The zero-order chi connectivity index (χ0) is 11.6. The fraction of sp³-hybridized carbons (Fsp3) is 0.667. The lowest BCUT2D eigenvalue weighted by molar-refractivity contribution is 0.00312. The fourth-order valence-corrected chi connectivity index (χ4v) is 4.17. The van der Waals surface area contributed by atoms with Gasteiger partial charge >= 0.3 is 0 Å².